The minimum Gasteiger partial charge on any atom is -0.462 e. The summed E-state index contributed by atoms with van der Waals surface area (Å²) in [6.07, 6.45) is 47.0. The number of carbonyl (C=O) groups excluding carboxylic acids is 3. The van der Waals surface area contributed by atoms with Gasteiger partial charge in [0.15, 0.2) is 6.10 Å². The summed E-state index contributed by atoms with van der Waals surface area (Å²) in [4.78, 5) is 37.7. The Balaban J connectivity index is 4.04. The van der Waals surface area contributed by atoms with Crippen LogP contribution >= 0.6 is 0 Å². The molecule has 0 aliphatic carbocycles. The van der Waals surface area contributed by atoms with E-state index < -0.39 is 6.10 Å². The highest BCUT2D eigenvalue weighted by Gasteiger charge is 2.19. The lowest BCUT2D eigenvalue weighted by molar-refractivity contribution is -0.167. The highest BCUT2D eigenvalue weighted by Crippen LogP contribution is 2.18. The van der Waals surface area contributed by atoms with Crippen LogP contribution in [0.4, 0.5) is 0 Å². The quantitative estimate of drug-likeness (QED) is 0.0345. The average molecular weight is 835 g/mol. The third-order valence-electron chi connectivity index (χ3n) is 12.0. The van der Waals surface area contributed by atoms with Crippen molar-refractivity contribution in [3.05, 3.63) is 0 Å². The second-order valence-electron chi connectivity index (χ2n) is 19.1. The van der Waals surface area contributed by atoms with Gasteiger partial charge >= 0.3 is 17.9 Å². The van der Waals surface area contributed by atoms with Gasteiger partial charge in [-0.25, -0.2) is 0 Å². The largest absolute Gasteiger partial charge is 0.462 e. The molecule has 0 aromatic rings. The number of rotatable bonds is 47. The molecule has 1 atom stereocenters. The van der Waals surface area contributed by atoms with Crippen LogP contribution in [0.15, 0.2) is 0 Å². The fourth-order valence-electron chi connectivity index (χ4n) is 7.99. The number of ether oxygens (including phenoxy) is 3. The van der Waals surface area contributed by atoms with Gasteiger partial charge in [-0.3, -0.25) is 14.4 Å². The van der Waals surface area contributed by atoms with E-state index in [1.165, 1.54) is 173 Å². The molecule has 59 heavy (non-hydrogen) atoms. The predicted molar refractivity (Wildman–Crippen MR) is 252 cm³/mol. The first kappa shape index (κ1) is 57.4. The topological polar surface area (TPSA) is 78.9 Å². The molecule has 0 aromatic heterocycles. The summed E-state index contributed by atoms with van der Waals surface area (Å²) in [5.41, 5.74) is 0. The van der Waals surface area contributed by atoms with Crippen LogP contribution in [0.5, 0.6) is 0 Å². The fraction of sp³-hybridized carbons (Fsp3) is 0.943. The molecule has 0 aliphatic heterocycles. The molecule has 0 aliphatic rings. The molecule has 0 aromatic carbocycles. The van der Waals surface area contributed by atoms with E-state index in [1.807, 2.05) is 0 Å². The lowest BCUT2D eigenvalue weighted by Crippen LogP contribution is -2.30. The maximum Gasteiger partial charge on any atom is 0.306 e. The van der Waals surface area contributed by atoms with Gasteiger partial charge in [-0.15, -0.1) is 0 Å². The molecule has 0 unspecified atom stereocenters. The monoisotopic (exact) mass is 835 g/mol. The summed E-state index contributed by atoms with van der Waals surface area (Å²) in [6.45, 7) is 11.3. The molecule has 6 heteroatoms. The molecule has 0 spiro atoms. The van der Waals surface area contributed by atoms with E-state index in [4.69, 9.17) is 14.2 Å². The molecule has 0 saturated carbocycles. The van der Waals surface area contributed by atoms with E-state index in [2.05, 4.69) is 34.6 Å². The lowest BCUT2D eigenvalue weighted by Gasteiger charge is -2.18. The minimum atomic E-state index is -0.759. The Hall–Kier alpha value is -1.59. The second-order valence-corrected chi connectivity index (χ2v) is 19.1. The second kappa shape index (κ2) is 45.9. The molecule has 0 heterocycles. The van der Waals surface area contributed by atoms with Gasteiger partial charge < -0.3 is 14.2 Å². The van der Waals surface area contributed by atoms with Gasteiger partial charge in [-0.1, -0.05) is 253 Å². The van der Waals surface area contributed by atoms with E-state index in [0.717, 1.165) is 76.0 Å². The van der Waals surface area contributed by atoms with E-state index in [0.29, 0.717) is 19.3 Å². The van der Waals surface area contributed by atoms with Crippen LogP contribution in [-0.4, -0.2) is 37.2 Å². The van der Waals surface area contributed by atoms with Crippen LogP contribution in [0.1, 0.15) is 291 Å². The van der Waals surface area contributed by atoms with Crippen molar-refractivity contribution in [2.45, 2.75) is 298 Å². The smallest absolute Gasteiger partial charge is 0.306 e. The SMILES string of the molecule is CCCCCCCC(=O)O[C@H](COC(=O)CCCCCCCCCCCCCCCCCCC(C)C)COC(=O)CCCCCCCCCCCCCCCCC(C)C. The van der Waals surface area contributed by atoms with Gasteiger partial charge in [0.1, 0.15) is 13.2 Å². The molecule has 0 N–H and O–H groups in total. The standard InChI is InChI=1S/C53H102O6/c1-6-7-8-31-40-45-53(56)59-50(47-58-52(55)44-39-35-30-26-22-18-14-13-16-20-24-28-33-37-42-49(4)5)46-57-51(54)43-38-34-29-25-21-17-12-10-9-11-15-19-23-27-32-36-41-48(2)3/h48-50H,6-47H2,1-5H3/t50-/m1/s1. The number of hydrogen-bond donors (Lipinski definition) is 0. The van der Waals surface area contributed by atoms with Gasteiger partial charge in [0, 0.05) is 19.3 Å². The molecule has 0 rings (SSSR count). The molecule has 350 valence electrons. The number of carbonyl (C=O) groups is 3. The van der Waals surface area contributed by atoms with Gasteiger partial charge in [0.05, 0.1) is 0 Å². The molecule has 0 saturated heterocycles. The van der Waals surface area contributed by atoms with Crippen molar-refractivity contribution in [1.82, 2.24) is 0 Å². The van der Waals surface area contributed by atoms with E-state index in [-0.39, 0.29) is 31.1 Å². The number of esters is 3. The fourth-order valence-corrected chi connectivity index (χ4v) is 7.99. The van der Waals surface area contributed by atoms with Crippen molar-refractivity contribution in [2.75, 3.05) is 13.2 Å². The van der Waals surface area contributed by atoms with Crippen molar-refractivity contribution < 1.29 is 28.6 Å². The third kappa shape index (κ3) is 47.3. The van der Waals surface area contributed by atoms with E-state index >= 15 is 0 Å². The minimum absolute atomic E-state index is 0.0649. The van der Waals surface area contributed by atoms with Gasteiger partial charge in [0.25, 0.3) is 0 Å². The summed E-state index contributed by atoms with van der Waals surface area (Å²) in [7, 11) is 0. The molecule has 0 amide bonds. The maximum atomic E-state index is 12.6. The number of unbranched alkanes of at least 4 members (excludes halogenated alkanes) is 32. The van der Waals surface area contributed by atoms with Crippen LogP contribution in [0, 0.1) is 11.8 Å². The zero-order valence-corrected chi connectivity index (χ0v) is 40.4. The van der Waals surface area contributed by atoms with E-state index in [1.54, 1.807) is 0 Å². The Morgan fingerprint density at radius 2 is 0.559 bits per heavy atom. The highest BCUT2D eigenvalue weighted by atomic mass is 16.6. The van der Waals surface area contributed by atoms with Crippen molar-refractivity contribution in [2.24, 2.45) is 11.8 Å². The van der Waals surface area contributed by atoms with Gasteiger partial charge in [0.2, 0.25) is 0 Å². The van der Waals surface area contributed by atoms with Crippen LogP contribution in [0.3, 0.4) is 0 Å². The predicted octanol–water partition coefficient (Wildman–Crippen LogP) is 16.9. The van der Waals surface area contributed by atoms with Gasteiger partial charge in [-0.2, -0.15) is 0 Å². The van der Waals surface area contributed by atoms with Crippen molar-refractivity contribution in [3.63, 3.8) is 0 Å². The Labute approximate surface area is 368 Å². The molecule has 0 radical (unpaired) electrons. The van der Waals surface area contributed by atoms with Crippen molar-refractivity contribution in [3.8, 4) is 0 Å². The van der Waals surface area contributed by atoms with E-state index in [9.17, 15) is 14.4 Å². The molecule has 6 nitrogen and oxygen atoms in total. The summed E-state index contributed by atoms with van der Waals surface area (Å²) < 4.78 is 16.7. The summed E-state index contributed by atoms with van der Waals surface area (Å²) in [6, 6.07) is 0. The van der Waals surface area contributed by atoms with Gasteiger partial charge in [-0.05, 0) is 31.1 Å². The zero-order chi connectivity index (χ0) is 43.3. The summed E-state index contributed by atoms with van der Waals surface area (Å²) >= 11 is 0. The molecule has 0 fully saturated rings. The normalized spacial score (nSPS) is 12.1. The Bertz CT molecular complexity index is 900. The van der Waals surface area contributed by atoms with Crippen LogP contribution in [-0.2, 0) is 28.6 Å². The third-order valence-corrected chi connectivity index (χ3v) is 12.0. The Morgan fingerprint density at radius 3 is 0.831 bits per heavy atom. The van der Waals surface area contributed by atoms with Crippen LogP contribution < -0.4 is 0 Å². The first-order chi connectivity index (χ1) is 28.7. The first-order valence-corrected chi connectivity index (χ1v) is 26.2. The molecular weight excluding hydrogens is 733 g/mol. The molecular formula is C53H102O6. The van der Waals surface area contributed by atoms with Crippen molar-refractivity contribution >= 4 is 17.9 Å². The number of hydrogen-bond acceptors (Lipinski definition) is 6. The Morgan fingerprint density at radius 1 is 0.322 bits per heavy atom. The van der Waals surface area contributed by atoms with Crippen LogP contribution in [0.25, 0.3) is 0 Å². The zero-order valence-electron chi connectivity index (χ0n) is 40.4. The first-order valence-electron chi connectivity index (χ1n) is 26.2. The van der Waals surface area contributed by atoms with Crippen LogP contribution in [0.2, 0.25) is 0 Å². The van der Waals surface area contributed by atoms with Crippen molar-refractivity contribution in [1.29, 1.82) is 0 Å². The highest BCUT2D eigenvalue weighted by molar-refractivity contribution is 5.71. The summed E-state index contributed by atoms with van der Waals surface area (Å²) in [5, 5.41) is 0. The lowest BCUT2D eigenvalue weighted by atomic mass is 10.0. The summed E-state index contributed by atoms with van der Waals surface area (Å²) in [5.74, 6) is 0.836. The average Bonchev–Trinajstić information content (AvgIpc) is 3.20. The molecule has 0 bridgehead atoms. The maximum absolute atomic E-state index is 12.6. The Kier molecular flexibility index (Phi) is 44.7.